The van der Waals surface area contributed by atoms with Crippen LogP contribution < -0.4 is 9.64 Å². The molecule has 0 N–H and O–H groups in total. The summed E-state index contributed by atoms with van der Waals surface area (Å²) in [7, 11) is 0. The minimum Gasteiger partial charge on any atom is -0.492 e. The van der Waals surface area contributed by atoms with Gasteiger partial charge >= 0.3 is 0 Å². The zero-order chi connectivity index (χ0) is 23.3. The quantitative estimate of drug-likeness (QED) is 0.571. The second-order valence-corrected chi connectivity index (χ2v) is 8.32. The van der Waals surface area contributed by atoms with Gasteiger partial charge in [0.2, 0.25) is 5.91 Å². The monoisotopic (exact) mass is 457 g/mol. The number of anilines is 1. The van der Waals surface area contributed by atoms with Crippen LogP contribution in [0.25, 0.3) is 0 Å². The Morgan fingerprint density at radius 2 is 1.62 bits per heavy atom. The number of carbonyl (C=O) groups excluding carboxylic acids is 1. The SMILES string of the molecule is CC.CC.CC(=O)N1CCN(c2ccc3c(c2)OCCN(SCc2ccccc2)C3)CC1. The maximum atomic E-state index is 11.5. The molecule has 32 heavy (non-hydrogen) atoms. The van der Waals surface area contributed by atoms with Crippen LogP contribution in [-0.4, -0.2) is 54.4 Å². The third-order valence-electron chi connectivity index (χ3n) is 5.34. The van der Waals surface area contributed by atoms with Gasteiger partial charge in [-0.2, -0.15) is 0 Å². The van der Waals surface area contributed by atoms with Crippen molar-refractivity contribution in [3.8, 4) is 5.75 Å². The molecule has 0 unspecified atom stereocenters. The van der Waals surface area contributed by atoms with Crippen molar-refractivity contribution in [3.05, 3.63) is 59.7 Å². The predicted molar refractivity (Wildman–Crippen MR) is 137 cm³/mol. The molecular formula is C26H39N3O2S. The van der Waals surface area contributed by atoms with Gasteiger partial charge in [-0.15, -0.1) is 0 Å². The summed E-state index contributed by atoms with van der Waals surface area (Å²) in [6, 6.07) is 17.1. The molecule has 0 bridgehead atoms. The van der Waals surface area contributed by atoms with Crippen molar-refractivity contribution in [3.63, 3.8) is 0 Å². The number of ether oxygens (including phenoxy) is 1. The van der Waals surface area contributed by atoms with Gasteiger partial charge in [0.25, 0.3) is 0 Å². The molecule has 0 radical (unpaired) electrons. The Bertz CT molecular complexity index is 808. The zero-order valence-electron chi connectivity index (χ0n) is 20.3. The molecule has 1 saturated heterocycles. The highest BCUT2D eigenvalue weighted by Gasteiger charge is 2.21. The third kappa shape index (κ3) is 7.45. The molecule has 0 spiro atoms. The predicted octanol–water partition coefficient (Wildman–Crippen LogP) is 5.45. The molecule has 0 saturated carbocycles. The minimum atomic E-state index is 0.165. The first-order valence-corrected chi connectivity index (χ1v) is 12.8. The van der Waals surface area contributed by atoms with Crippen LogP contribution in [0.4, 0.5) is 5.69 Å². The van der Waals surface area contributed by atoms with Crippen LogP contribution in [0, 0.1) is 0 Å². The van der Waals surface area contributed by atoms with E-state index in [-0.39, 0.29) is 5.91 Å². The summed E-state index contributed by atoms with van der Waals surface area (Å²) in [5, 5.41) is 0. The fraction of sp³-hybridized carbons (Fsp3) is 0.500. The molecule has 2 aromatic rings. The molecule has 5 nitrogen and oxygen atoms in total. The van der Waals surface area contributed by atoms with E-state index in [0.29, 0.717) is 6.61 Å². The number of amides is 1. The van der Waals surface area contributed by atoms with Gasteiger partial charge in [0.15, 0.2) is 0 Å². The van der Waals surface area contributed by atoms with Crippen molar-refractivity contribution in [1.29, 1.82) is 0 Å². The standard InChI is InChI=1S/C22H27N3O2S.2C2H6/c1-18(26)23-9-11-24(12-10-23)21-8-7-20-16-25(13-14-27-22(20)15-21)28-17-19-5-3-2-4-6-19;2*1-2/h2-8,15H,9-14,16-17H2,1H3;2*1-2H3. The summed E-state index contributed by atoms with van der Waals surface area (Å²) in [6.45, 7) is 15.5. The van der Waals surface area contributed by atoms with Gasteiger partial charge in [0, 0.05) is 69.3 Å². The van der Waals surface area contributed by atoms with Crippen molar-refractivity contribution < 1.29 is 9.53 Å². The first kappa shape index (κ1) is 26.1. The Morgan fingerprint density at radius 3 is 2.28 bits per heavy atom. The maximum absolute atomic E-state index is 11.5. The van der Waals surface area contributed by atoms with Gasteiger partial charge in [-0.25, -0.2) is 4.31 Å². The summed E-state index contributed by atoms with van der Waals surface area (Å²) in [6.07, 6.45) is 0. The normalized spacial score (nSPS) is 15.8. The first-order chi connectivity index (χ1) is 15.7. The van der Waals surface area contributed by atoms with Gasteiger partial charge in [-0.3, -0.25) is 4.79 Å². The topological polar surface area (TPSA) is 36.0 Å². The van der Waals surface area contributed by atoms with Crippen LogP contribution in [0.1, 0.15) is 45.7 Å². The maximum Gasteiger partial charge on any atom is 0.219 e. The van der Waals surface area contributed by atoms with E-state index in [1.807, 2.05) is 44.5 Å². The molecule has 4 rings (SSSR count). The fourth-order valence-corrected chi connectivity index (χ4v) is 4.62. The first-order valence-electron chi connectivity index (χ1n) is 11.9. The molecule has 2 aliphatic heterocycles. The highest BCUT2D eigenvalue weighted by atomic mass is 32.2. The summed E-state index contributed by atoms with van der Waals surface area (Å²) < 4.78 is 8.47. The largest absolute Gasteiger partial charge is 0.492 e. The van der Waals surface area contributed by atoms with Crippen LogP contribution in [0.15, 0.2) is 48.5 Å². The van der Waals surface area contributed by atoms with Crippen molar-refractivity contribution in [1.82, 2.24) is 9.21 Å². The van der Waals surface area contributed by atoms with E-state index in [1.165, 1.54) is 16.8 Å². The Kier molecular flexibility index (Phi) is 11.5. The van der Waals surface area contributed by atoms with Crippen LogP contribution >= 0.6 is 11.9 Å². The number of hydrogen-bond donors (Lipinski definition) is 0. The second kappa shape index (κ2) is 14.1. The van der Waals surface area contributed by atoms with Gasteiger partial charge in [0.05, 0.1) is 0 Å². The van der Waals surface area contributed by atoms with Crippen LogP contribution in [0.2, 0.25) is 0 Å². The highest BCUT2D eigenvalue weighted by Crippen LogP contribution is 2.31. The minimum absolute atomic E-state index is 0.165. The zero-order valence-corrected chi connectivity index (χ0v) is 21.2. The van der Waals surface area contributed by atoms with Crippen molar-refractivity contribution >= 4 is 23.5 Å². The summed E-state index contributed by atoms with van der Waals surface area (Å²) >= 11 is 1.87. The lowest BCUT2D eigenvalue weighted by Gasteiger charge is -2.35. The van der Waals surface area contributed by atoms with E-state index in [0.717, 1.165) is 50.8 Å². The Labute approximate surface area is 198 Å². The van der Waals surface area contributed by atoms with Crippen LogP contribution in [0.3, 0.4) is 0 Å². The molecule has 0 aromatic heterocycles. The Balaban J connectivity index is 0.000000860. The van der Waals surface area contributed by atoms with Gasteiger partial charge in [-0.1, -0.05) is 76.0 Å². The van der Waals surface area contributed by atoms with Crippen LogP contribution in [-0.2, 0) is 17.1 Å². The molecule has 2 aliphatic rings. The Morgan fingerprint density at radius 1 is 0.938 bits per heavy atom. The van der Waals surface area contributed by atoms with Gasteiger partial charge in [-0.05, 0) is 11.6 Å². The number of hydrogen-bond acceptors (Lipinski definition) is 5. The molecule has 1 amide bonds. The number of fused-ring (bicyclic) bond motifs is 1. The number of rotatable bonds is 4. The van der Waals surface area contributed by atoms with E-state index < -0.39 is 0 Å². The molecular weight excluding hydrogens is 418 g/mol. The lowest BCUT2D eigenvalue weighted by molar-refractivity contribution is -0.129. The average Bonchev–Trinajstić information content (AvgIpc) is 3.07. The lowest BCUT2D eigenvalue weighted by Crippen LogP contribution is -2.48. The van der Waals surface area contributed by atoms with Gasteiger partial charge < -0.3 is 14.5 Å². The number of piperazine rings is 1. The lowest BCUT2D eigenvalue weighted by atomic mass is 10.1. The second-order valence-electron chi connectivity index (χ2n) is 7.26. The number of benzene rings is 2. The third-order valence-corrected chi connectivity index (χ3v) is 6.48. The Hall–Kier alpha value is -2.18. The van der Waals surface area contributed by atoms with Crippen molar-refractivity contribution in [2.24, 2.45) is 0 Å². The fourth-order valence-electron chi connectivity index (χ4n) is 3.66. The average molecular weight is 458 g/mol. The van der Waals surface area contributed by atoms with Gasteiger partial charge in [0.1, 0.15) is 12.4 Å². The summed E-state index contributed by atoms with van der Waals surface area (Å²) in [5.74, 6) is 2.14. The van der Waals surface area contributed by atoms with E-state index in [4.69, 9.17) is 4.74 Å². The summed E-state index contributed by atoms with van der Waals surface area (Å²) in [5.41, 5.74) is 3.77. The molecule has 1 fully saturated rings. The molecule has 2 heterocycles. The molecule has 0 aliphatic carbocycles. The van der Waals surface area contributed by atoms with E-state index >= 15 is 0 Å². The molecule has 6 heteroatoms. The smallest absolute Gasteiger partial charge is 0.219 e. The number of nitrogens with zero attached hydrogens (tertiary/aromatic N) is 3. The number of carbonyl (C=O) groups is 1. The molecule has 0 atom stereocenters. The van der Waals surface area contributed by atoms with Crippen molar-refractivity contribution in [2.75, 3.05) is 44.2 Å². The summed E-state index contributed by atoms with van der Waals surface area (Å²) in [4.78, 5) is 15.8. The highest BCUT2D eigenvalue weighted by molar-refractivity contribution is 7.96. The molecule has 176 valence electrons. The molecule has 2 aromatic carbocycles. The van der Waals surface area contributed by atoms with E-state index in [1.54, 1.807) is 6.92 Å². The van der Waals surface area contributed by atoms with Crippen LogP contribution in [0.5, 0.6) is 5.75 Å². The van der Waals surface area contributed by atoms with E-state index in [2.05, 4.69) is 57.7 Å². The van der Waals surface area contributed by atoms with E-state index in [9.17, 15) is 4.79 Å². The van der Waals surface area contributed by atoms with Crippen molar-refractivity contribution in [2.45, 2.75) is 46.9 Å².